The molecule has 0 spiro atoms. The Balaban J connectivity index is 1.38. The summed E-state index contributed by atoms with van der Waals surface area (Å²) < 4.78 is 92.0. The zero-order valence-electron chi connectivity index (χ0n) is 20.8. The van der Waals surface area contributed by atoms with Crippen LogP contribution in [0.3, 0.4) is 0 Å². The Morgan fingerprint density at radius 1 is 0.974 bits per heavy atom. The lowest BCUT2D eigenvalue weighted by Gasteiger charge is -2.36. The highest BCUT2D eigenvalue weighted by Crippen LogP contribution is 2.45. The molecule has 2 bridgehead atoms. The van der Waals surface area contributed by atoms with E-state index in [1.165, 1.54) is 4.68 Å². The van der Waals surface area contributed by atoms with E-state index in [4.69, 9.17) is 9.26 Å². The number of alkyl halides is 6. The molecule has 0 radical (unpaired) electrons. The number of fused-ring (bicyclic) bond motifs is 2. The average Bonchev–Trinajstić information content (AvgIpc) is 3.48. The maximum absolute atomic E-state index is 13.3. The van der Waals surface area contributed by atoms with Crippen molar-refractivity contribution in [3.05, 3.63) is 41.0 Å². The summed E-state index contributed by atoms with van der Waals surface area (Å²) in [5.74, 6) is 1.30. The van der Waals surface area contributed by atoms with Crippen LogP contribution in [-0.4, -0.2) is 38.0 Å². The molecule has 2 aliphatic rings. The lowest BCUT2D eigenvalue weighted by atomic mass is 9.82. The lowest BCUT2D eigenvalue weighted by molar-refractivity contribution is -0.143. The van der Waals surface area contributed by atoms with Crippen molar-refractivity contribution in [2.24, 2.45) is 17.8 Å². The van der Waals surface area contributed by atoms with Crippen LogP contribution in [0.2, 0.25) is 0 Å². The molecule has 1 aromatic carbocycles. The van der Waals surface area contributed by atoms with Gasteiger partial charge in [-0.15, -0.1) is 0 Å². The Kier molecular flexibility index (Phi) is 6.54. The van der Waals surface area contributed by atoms with Crippen molar-refractivity contribution < 1.29 is 35.6 Å². The second-order valence-corrected chi connectivity index (χ2v) is 10.2. The van der Waals surface area contributed by atoms with Crippen molar-refractivity contribution in [2.45, 2.75) is 58.4 Å². The second-order valence-electron chi connectivity index (χ2n) is 10.2. The summed E-state index contributed by atoms with van der Waals surface area (Å²) in [7, 11) is 0. The molecule has 5 rings (SSSR count). The fraction of sp³-hybridized carbons (Fsp3) is 0.583. The van der Waals surface area contributed by atoms with E-state index < -0.39 is 29.2 Å². The van der Waals surface area contributed by atoms with E-state index in [1.807, 2.05) is 0 Å². The number of rotatable bonds is 6. The van der Waals surface area contributed by atoms with E-state index in [0.29, 0.717) is 48.1 Å². The molecule has 2 fully saturated rings. The van der Waals surface area contributed by atoms with Crippen LogP contribution in [0.5, 0.6) is 11.8 Å². The molecular weight excluding hydrogens is 518 g/mol. The van der Waals surface area contributed by atoms with E-state index in [-0.39, 0.29) is 24.0 Å². The number of aromatic nitrogens is 5. The molecule has 8 nitrogen and oxygen atoms in total. The van der Waals surface area contributed by atoms with Crippen LogP contribution in [0.1, 0.15) is 55.5 Å². The van der Waals surface area contributed by atoms with Crippen LogP contribution in [0.25, 0.3) is 0 Å². The second kappa shape index (κ2) is 9.45. The van der Waals surface area contributed by atoms with Gasteiger partial charge in [-0.1, -0.05) is 5.16 Å². The molecule has 206 valence electrons. The maximum atomic E-state index is 13.3. The summed E-state index contributed by atoms with van der Waals surface area (Å²) in [6.07, 6.45) is -7.43. The van der Waals surface area contributed by atoms with E-state index in [1.54, 1.807) is 20.8 Å². The van der Waals surface area contributed by atoms with Gasteiger partial charge in [0.15, 0.2) is 11.6 Å². The van der Waals surface area contributed by atoms with Gasteiger partial charge < -0.3 is 14.2 Å². The van der Waals surface area contributed by atoms with Crippen molar-refractivity contribution >= 4 is 6.01 Å². The van der Waals surface area contributed by atoms with Crippen LogP contribution in [-0.2, 0) is 18.8 Å². The third kappa shape index (κ3) is 5.30. The highest BCUT2D eigenvalue weighted by molar-refractivity contribution is 5.38. The van der Waals surface area contributed by atoms with Gasteiger partial charge in [0.2, 0.25) is 0 Å². The molecular formula is C24H26F6N6O2. The zero-order chi connectivity index (χ0) is 27.4. The number of halogens is 6. The molecule has 1 unspecified atom stereocenters. The van der Waals surface area contributed by atoms with Gasteiger partial charge in [-0.05, 0) is 69.6 Å². The van der Waals surface area contributed by atoms with Crippen LogP contribution >= 0.6 is 0 Å². The summed E-state index contributed by atoms with van der Waals surface area (Å²) in [6.45, 7) is 6.78. The molecule has 3 heterocycles. The maximum Gasteiger partial charge on any atom is 0.416 e. The fourth-order valence-corrected chi connectivity index (χ4v) is 5.38. The van der Waals surface area contributed by atoms with Gasteiger partial charge in [0.25, 0.3) is 0 Å². The summed E-state index contributed by atoms with van der Waals surface area (Å²) in [4.78, 5) is 10.8. The van der Waals surface area contributed by atoms with Gasteiger partial charge in [-0.25, -0.2) is 4.68 Å². The van der Waals surface area contributed by atoms with Crippen molar-refractivity contribution in [3.63, 3.8) is 0 Å². The summed E-state index contributed by atoms with van der Waals surface area (Å²) in [5.41, 5.74) is -2.92. The Labute approximate surface area is 214 Å². The number of hydrogen-bond acceptors (Lipinski definition) is 7. The molecule has 14 heteroatoms. The standard InChI is InChI=1S/C24H26F6N6O2/c1-12(2)36-22(37-18-7-16(23(25,26)27)6-17(8-18)24(28,29)30)32-20(33-36)9-19-14-4-5-15(19)11-35(10-14)21-31-13(3)34-38-21/h6-8,12,14-15,19H,4-5,9-11H2,1-3H3/t14-,15+,19?. The van der Waals surface area contributed by atoms with Crippen LogP contribution in [0.4, 0.5) is 32.4 Å². The minimum absolute atomic E-state index is 0.0588. The number of aryl methyl sites for hydroxylation is 1. The van der Waals surface area contributed by atoms with Crippen LogP contribution in [0.15, 0.2) is 22.7 Å². The van der Waals surface area contributed by atoms with Crippen LogP contribution in [0, 0.1) is 24.7 Å². The van der Waals surface area contributed by atoms with E-state index in [9.17, 15) is 26.3 Å². The van der Waals surface area contributed by atoms with E-state index >= 15 is 0 Å². The van der Waals surface area contributed by atoms with Crippen molar-refractivity contribution in [1.29, 1.82) is 0 Å². The molecule has 2 aromatic heterocycles. The first-order valence-electron chi connectivity index (χ1n) is 12.3. The van der Waals surface area contributed by atoms with Crippen molar-refractivity contribution in [2.75, 3.05) is 18.0 Å². The molecule has 3 aromatic rings. The highest BCUT2D eigenvalue weighted by atomic mass is 19.4. The minimum Gasteiger partial charge on any atom is -0.424 e. The van der Waals surface area contributed by atoms with Gasteiger partial charge in [-0.3, -0.25) is 0 Å². The molecule has 38 heavy (non-hydrogen) atoms. The number of hydrogen-bond donors (Lipinski definition) is 0. The largest absolute Gasteiger partial charge is 0.424 e. The number of benzene rings is 1. The van der Waals surface area contributed by atoms with Crippen LogP contribution < -0.4 is 9.64 Å². The predicted molar refractivity (Wildman–Crippen MR) is 122 cm³/mol. The monoisotopic (exact) mass is 544 g/mol. The number of piperidine rings is 1. The van der Waals surface area contributed by atoms with Crippen molar-refractivity contribution in [3.8, 4) is 11.8 Å². The first kappa shape index (κ1) is 26.3. The van der Waals surface area contributed by atoms with E-state index in [2.05, 4.69) is 25.1 Å². The Bertz CT molecular complexity index is 1250. The third-order valence-electron chi connectivity index (χ3n) is 7.14. The summed E-state index contributed by atoms with van der Waals surface area (Å²) in [6, 6.07) is 1.16. The van der Waals surface area contributed by atoms with E-state index in [0.717, 1.165) is 25.9 Å². The predicted octanol–water partition coefficient (Wildman–Crippen LogP) is 6.09. The Morgan fingerprint density at radius 3 is 2.08 bits per heavy atom. The molecule has 1 saturated carbocycles. The topological polar surface area (TPSA) is 82.1 Å². The minimum atomic E-state index is -4.98. The van der Waals surface area contributed by atoms with Gasteiger partial charge in [0, 0.05) is 19.5 Å². The number of nitrogens with zero attached hydrogens (tertiary/aromatic N) is 6. The van der Waals surface area contributed by atoms with Gasteiger partial charge in [-0.2, -0.15) is 41.4 Å². The SMILES string of the molecule is Cc1noc(N2C[C@H]3CC[C@@H](C2)C3Cc2nc(Oc3cc(C(F)(F)F)cc(C(F)(F)F)c3)n(C(C)C)n2)n1. The number of ether oxygens (including phenoxy) is 1. The first-order valence-corrected chi connectivity index (χ1v) is 12.3. The first-order chi connectivity index (χ1) is 17.8. The lowest BCUT2D eigenvalue weighted by Crippen LogP contribution is -2.43. The van der Waals surface area contributed by atoms with Gasteiger partial charge in [0.05, 0.1) is 17.2 Å². The van der Waals surface area contributed by atoms with Crippen molar-refractivity contribution in [1.82, 2.24) is 24.9 Å². The Hall–Kier alpha value is -3.32. The Morgan fingerprint density at radius 2 is 1.58 bits per heavy atom. The van der Waals surface area contributed by atoms with Gasteiger partial charge >= 0.3 is 24.4 Å². The molecule has 0 amide bonds. The summed E-state index contributed by atoms with van der Waals surface area (Å²) in [5, 5.41) is 8.36. The molecule has 0 N–H and O–H groups in total. The normalized spacial score (nSPS) is 21.9. The quantitative estimate of drug-likeness (QED) is 0.348. The summed E-state index contributed by atoms with van der Waals surface area (Å²) >= 11 is 0. The zero-order valence-corrected chi connectivity index (χ0v) is 20.8. The molecule has 1 aliphatic heterocycles. The third-order valence-corrected chi connectivity index (χ3v) is 7.14. The molecule has 1 aliphatic carbocycles. The fourth-order valence-electron chi connectivity index (χ4n) is 5.38. The highest BCUT2D eigenvalue weighted by Gasteiger charge is 2.44. The van der Waals surface area contributed by atoms with Gasteiger partial charge in [0.1, 0.15) is 5.75 Å². The number of anilines is 1. The average molecular weight is 544 g/mol. The molecule has 1 saturated heterocycles. The smallest absolute Gasteiger partial charge is 0.416 e. The molecule has 3 atom stereocenters.